The summed E-state index contributed by atoms with van der Waals surface area (Å²) < 4.78 is 135. The van der Waals surface area contributed by atoms with Crippen molar-refractivity contribution >= 4 is 155 Å². The van der Waals surface area contributed by atoms with Crippen LogP contribution in [0.5, 0.6) is 23.0 Å². The Balaban J connectivity index is 0.000000804. The first-order valence-corrected chi connectivity index (χ1v) is 26.8. The van der Waals surface area contributed by atoms with Gasteiger partial charge in [-0.1, -0.05) is 0 Å². The van der Waals surface area contributed by atoms with Crippen molar-refractivity contribution in [2.24, 2.45) is 20.5 Å². The van der Waals surface area contributed by atoms with Gasteiger partial charge in [0.25, 0.3) is 51.8 Å². The second kappa shape index (κ2) is 29.8. The van der Waals surface area contributed by atoms with Gasteiger partial charge in [-0.25, -0.2) is 0 Å². The number of rotatable bonds is 14. The number of nitrogens with one attached hydrogen (secondary N) is 2. The van der Waals surface area contributed by atoms with Crippen LogP contribution in [0.1, 0.15) is 1.43 Å². The van der Waals surface area contributed by atoms with Crippen LogP contribution in [0.4, 0.5) is 69.3 Å². The molecular formula is C38H27Cl2CrN16Na4O20S4+5. The number of nitrogens with two attached hydrogens (primary N) is 2. The molecule has 2 heterocycles. The molecule has 0 amide bonds. The average molecular weight is 1370 g/mol. The average Bonchev–Trinajstić information content (AvgIpc) is 1.25. The number of azo groups is 2. The maximum Gasteiger partial charge on any atom is 1.00 e. The Labute approximate surface area is 585 Å². The fourth-order valence-corrected chi connectivity index (χ4v) is 9.44. The normalized spacial score (nSPS) is 11.5. The number of aromatic nitrogens is 6. The zero-order valence-corrected chi connectivity index (χ0v) is 56.8. The van der Waals surface area contributed by atoms with Crippen molar-refractivity contribution in [1.29, 1.82) is 0 Å². The van der Waals surface area contributed by atoms with E-state index in [9.17, 15) is 92.5 Å². The van der Waals surface area contributed by atoms with Crippen LogP contribution >= 0.6 is 23.2 Å². The predicted molar refractivity (Wildman–Crippen MR) is 275 cm³/mol. The quantitative estimate of drug-likeness (QED) is 0.0159. The molecule has 6 aromatic carbocycles. The van der Waals surface area contributed by atoms with E-state index < -0.39 is 127 Å². The standard InChI is InChI=1S/2C19H13ClN8O10S2.Cr.4Na/c2*20-17-23-18(21)25-19(24-17)22-11-6-9(39(33,34)35)3-7-4-13(40(36,37)38)15(16(30)14(7)11)27-26-10-5-8(28(31)32)1-2-12(10)29;;;;;/h2*1-6,29-30H,(H,33,34,35)(H,36,37,38)(H3,21,22,23,24,25);;;;;/q;;;4*+1/p+1. The van der Waals surface area contributed by atoms with Gasteiger partial charge in [0.1, 0.15) is 44.0 Å². The Morgan fingerprint density at radius 3 is 1.11 bits per heavy atom. The third-order valence-electron chi connectivity index (χ3n) is 10.00. The van der Waals surface area contributed by atoms with Crippen molar-refractivity contribution in [2.45, 2.75) is 19.6 Å². The minimum absolute atomic E-state index is 0. The van der Waals surface area contributed by atoms with Crippen molar-refractivity contribution in [3.05, 3.63) is 104 Å². The Kier molecular flexibility index (Phi) is 26.7. The number of phenolic OH excluding ortho intramolecular Hbond substituents is 4. The number of fused-ring (bicyclic) bond motifs is 2. The molecule has 14 N–H and O–H groups in total. The van der Waals surface area contributed by atoms with E-state index >= 15 is 0 Å². The van der Waals surface area contributed by atoms with Crippen LogP contribution in [0.15, 0.2) is 113 Å². The molecule has 0 bridgehead atoms. The van der Waals surface area contributed by atoms with E-state index in [2.05, 4.69) is 61.0 Å². The zero-order chi connectivity index (χ0) is 59.1. The number of aromatic hydroxyl groups is 4. The van der Waals surface area contributed by atoms with Crippen molar-refractivity contribution in [2.75, 3.05) is 22.1 Å². The number of hydrogen-bond acceptors (Lipinski definition) is 30. The monoisotopic (exact) mass is 1370 g/mol. The molecule has 0 unspecified atom stereocenters. The number of phenols is 4. The number of halogens is 2. The van der Waals surface area contributed by atoms with Gasteiger partial charge in [-0.3, -0.25) is 38.4 Å². The van der Waals surface area contributed by atoms with Crippen LogP contribution in [-0.2, 0) is 57.8 Å². The van der Waals surface area contributed by atoms with Gasteiger partial charge >= 0.3 is 120 Å². The van der Waals surface area contributed by atoms with E-state index in [0.717, 1.165) is 60.7 Å². The van der Waals surface area contributed by atoms with E-state index in [0.29, 0.717) is 12.1 Å². The maximum atomic E-state index is 12.2. The SMILES string of the molecule is Nc1nc(Cl)nc(Nc2cc(S(=O)(=O)O)cc3cc(S(=O)(=O)O)c(N=Nc4cc([N+](=O)[O-])ccc4O)c(O)c23)n1.Nc1nc(Cl)nc(Nc2cc(S(=O)(=O)O)cc3cc(S(=O)(=O)O)c(N=Nc4cc([N+](=O)[O-])ccc4O)c(O)c23)n1.[Cr].[H+].[Na+].[Na+].[Na+].[Na+]. The van der Waals surface area contributed by atoms with Crippen LogP contribution in [0.25, 0.3) is 21.5 Å². The first-order chi connectivity index (χ1) is 37.1. The number of benzene rings is 6. The zero-order valence-electron chi connectivity index (χ0n) is 43.7. The van der Waals surface area contributed by atoms with Gasteiger partial charge in [-0.2, -0.15) is 63.6 Å². The first-order valence-electron chi connectivity index (χ1n) is 20.3. The van der Waals surface area contributed by atoms with Crippen molar-refractivity contribution in [3.8, 4) is 23.0 Å². The van der Waals surface area contributed by atoms with Gasteiger partial charge in [0, 0.05) is 52.4 Å². The molecule has 0 radical (unpaired) electrons. The summed E-state index contributed by atoms with van der Waals surface area (Å²) in [6.45, 7) is 0. The van der Waals surface area contributed by atoms with Crippen LogP contribution in [0.2, 0.25) is 10.6 Å². The minimum Gasteiger partial charge on any atom is -0.506 e. The van der Waals surface area contributed by atoms with E-state index in [1.165, 1.54) is 0 Å². The summed E-state index contributed by atoms with van der Waals surface area (Å²) in [5, 5.41) is 81.4. The third kappa shape index (κ3) is 18.5. The Morgan fingerprint density at radius 2 is 0.824 bits per heavy atom. The number of nitro benzene ring substituents is 2. The fraction of sp³-hybridized carbons (Fsp3) is 0. The molecule has 0 aliphatic carbocycles. The molecule has 8 rings (SSSR count). The number of nitrogen functional groups attached to an aromatic ring is 2. The van der Waals surface area contributed by atoms with Crippen LogP contribution in [0.3, 0.4) is 0 Å². The summed E-state index contributed by atoms with van der Waals surface area (Å²) in [5.74, 6) is -4.69. The molecular weight excluding hydrogens is 1340 g/mol. The molecule has 0 aliphatic heterocycles. The Hall–Kier alpha value is -4.99. The third-order valence-corrected chi connectivity index (χ3v) is 13.7. The molecule has 2 aromatic heterocycles. The molecule has 0 fully saturated rings. The second-order valence-electron chi connectivity index (χ2n) is 15.3. The van der Waals surface area contributed by atoms with Crippen molar-refractivity contribution in [1.82, 2.24) is 29.9 Å². The van der Waals surface area contributed by atoms with Gasteiger partial charge < -0.3 is 42.5 Å². The van der Waals surface area contributed by atoms with E-state index in [-0.39, 0.29) is 204 Å². The van der Waals surface area contributed by atoms with E-state index in [4.69, 9.17) is 34.7 Å². The topological polar surface area (TPSA) is 588 Å². The molecule has 85 heavy (non-hydrogen) atoms. The fourth-order valence-electron chi connectivity index (χ4n) is 6.70. The maximum absolute atomic E-state index is 12.2. The molecule has 0 spiro atoms. The van der Waals surface area contributed by atoms with Gasteiger partial charge in [0.05, 0.1) is 31.0 Å². The van der Waals surface area contributed by atoms with Crippen molar-refractivity contribution in [3.63, 3.8) is 0 Å². The largest absolute Gasteiger partial charge is 1.00 e. The summed E-state index contributed by atoms with van der Waals surface area (Å²) >= 11 is 11.5. The van der Waals surface area contributed by atoms with Crippen molar-refractivity contribution < 1.29 is 219 Å². The molecule has 0 saturated heterocycles. The Morgan fingerprint density at radius 1 is 0.494 bits per heavy atom. The smallest absolute Gasteiger partial charge is 0.506 e. The number of non-ortho nitro benzene ring substituents is 2. The van der Waals surface area contributed by atoms with Crippen LogP contribution < -0.4 is 140 Å². The number of anilines is 6. The van der Waals surface area contributed by atoms with Gasteiger partial charge in [-0.15, -0.1) is 20.5 Å². The van der Waals surface area contributed by atoms with Gasteiger partial charge in [-0.05, 0) is 82.5 Å². The van der Waals surface area contributed by atoms with Gasteiger partial charge in [0.2, 0.25) is 34.4 Å². The van der Waals surface area contributed by atoms with Crippen LogP contribution in [-0.4, -0.2) is 112 Å². The molecule has 0 atom stereocenters. The molecule has 0 aliphatic rings. The van der Waals surface area contributed by atoms with Crippen LogP contribution in [0, 0.1) is 20.2 Å². The Bertz CT molecular complexity index is 4220. The number of nitrogens with zero attached hydrogens (tertiary/aromatic N) is 12. The molecule has 36 nitrogen and oxygen atoms in total. The summed E-state index contributed by atoms with van der Waals surface area (Å²) in [6, 6.07) is 9.89. The van der Waals surface area contributed by atoms with E-state index in [1.807, 2.05) is 0 Å². The molecule has 47 heteroatoms. The van der Waals surface area contributed by atoms with E-state index in [1.54, 1.807) is 0 Å². The van der Waals surface area contributed by atoms with Gasteiger partial charge in [0.15, 0.2) is 11.5 Å². The number of nitro groups is 2. The minimum atomic E-state index is -5.20. The molecule has 8 aromatic rings. The number of hydrogen-bond donors (Lipinski definition) is 12. The summed E-state index contributed by atoms with van der Waals surface area (Å²) in [5.41, 5.74) is 6.45. The molecule has 0 saturated carbocycles. The second-order valence-corrected chi connectivity index (χ2v) is 21.6. The molecule has 422 valence electrons. The first kappa shape index (κ1) is 76.1. The predicted octanol–water partition coefficient (Wildman–Crippen LogP) is -5.41. The summed E-state index contributed by atoms with van der Waals surface area (Å²) in [4.78, 5) is 38.9. The summed E-state index contributed by atoms with van der Waals surface area (Å²) in [7, 11) is -20.2. The summed E-state index contributed by atoms with van der Waals surface area (Å²) in [6.07, 6.45) is 0.